The zero-order valence-electron chi connectivity index (χ0n) is 21.8. The maximum absolute atomic E-state index is 12.9. The number of rotatable bonds is 13. The van der Waals surface area contributed by atoms with Crippen LogP contribution in [0.2, 0.25) is 0 Å². The summed E-state index contributed by atoms with van der Waals surface area (Å²) < 4.78 is 5.83. The number of nitrogens with zero attached hydrogens (tertiary/aromatic N) is 3. The van der Waals surface area contributed by atoms with Crippen LogP contribution in [0.15, 0.2) is 73.1 Å². The fourth-order valence-electron chi connectivity index (χ4n) is 4.32. The quantitative estimate of drug-likeness (QED) is 0.255. The average molecular weight is 512 g/mol. The molecule has 0 saturated carbocycles. The highest BCUT2D eigenvalue weighted by Gasteiger charge is 2.12. The van der Waals surface area contributed by atoms with Crippen LogP contribution in [0.25, 0.3) is 10.9 Å². The first-order valence-electron chi connectivity index (χ1n) is 12.8. The average Bonchev–Trinajstić information content (AvgIpc) is 2.94. The summed E-state index contributed by atoms with van der Waals surface area (Å²) in [5.74, 6) is 0.890. The Morgan fingerprint density at radius 1 is 0.947 bits per heavy atom. The van der Waals surface area contributed by atoms with Gasteiger partial charge in [-0.15, -0.1) is 0 Å². The van der Waals surface area contributed by atoms with Gasteiger partial charge in [-0.25, -0.2) is 9.97 Å². The van der Waals surface area contributed by atoms with Gasteiger partial charge in [-0.1, -0.05) is 44.2 Å². The number of hydrogen-bond acceptors (Lipinski definition) is 7. The molecule has 0 fully saturated rings. The highest BCUT2D eigenvalue weighted by molar-refractivity contribution is 6.06. The van der Waals surface area contributed by atoms with E-state index in [0.717, 1.165) is 41.9 Å². The van der Waals surface area contributed by atoms with E-state index in [4.69, 9.17) is 10.5 Å². The summed E-state index contributed by atoms with van der Waals surface area (Å²) in [6.07, 6.45) is 1.71. The van der Waals surface area contributed by atoms with Crippen molar-refractivity contribution in [2.24, 2.45) is 5.73 Å². The molecule has 0 saturated heterocycles. The molecule has 3 aromatic carbocycles. The molecule has 8 nitrogen and oxygen atoms in total. The van der Waals surface area contributed by atoms with E-state index in [1.165, 1.54) is 6.33 Å². The maximum Gasteiger partial charge on any atom is 0.250 e. The number of benzene rings is 3. The molecule has 0 radical (unpaired) electrons. The van der Waals surface area contributed by atoms with Crippen LogP contribution >= 0.6 is 0 Å². The molecule has 0 unspecified atom stereocenters. The van der Waals surface area contributed by atoms with E-state index in [-0.39, 0.29) is 5.78 Å². The van der Waals surface area contributed by atoms with Crippen LogP contribution in [0.5, 0.6) is 5.75 Å². The van der Waals surface area contributed by atoms with Crippen molar-refractivity contribution in [3.05, 3.63) is 95.3 Å². The minimum atomic E-state index is -0.532. The van der Waals surface area contributed by atoms with Crippen molar-refractivity contribution in [1.29, 1.82) is 0 Å². The molecular formula is C30H33N5O3. The Morgan fingerprint density at radius 3 is 2.42 bits per heavy atom. The lowest BCUT2D eigenvalue weighted by Crippen LogP contribution is -2.27. The zero-order chi connectivity index (χ0) is 26.9. The second kappa shape index (κ2) is 12.8. The maximum atomic E-state index is 12.9. The molecule has 0 spiro atoms. The minimum absolute atomic E-state index is 0.0468. The van der Waals surface area contributed by atoms with Gasteiger partial charge in [-0.05, 0) is 60.6 Å². The van der Waals surface area contributed by atoms with Gasteiger partial charge in [-0.2, -0.15) is 0 Å². The monoisotopic (exact) mass is 511 g/mol. The zero-order valence-corrected chi connectivity index (χ0v) is 21.8. The fourth-order valence-corrected chi connectivity index (χ4v) is 4.32. The number of fused-ring (bicyclic) bond motifs is 1. The molecule has 1 aromatic heterocycles. The Morgan fingerprint density at radius 2 is 1.68 bits per heavy atom. The number of amides is 1. The number of nitrogens with one attached hydrogen (secondary N) is 1. The van der Waals surface area contributed by atoms with Gasteiger partial charge in [0.15, 0.2) is 5.78 Å². The van der Waals surface area contributed by atoms with Crippen LogP contribution in [0.4, 0.5) is 5.82 Å². The van der Waals surface area contributed by atoms with Crippen LogP contribution in [0.3, 0.4) is 0 Å². The van der Waals surface area contributed by atoms with Crippen molar-refractivity contribution in [3.8, 4) is 5.75 Å². The van der Waals surface area contributed by atoms with Gasteiger partial charge >= 0.3 is 0 Å². The summed E-state index contributed by atoms with van der Waals surface area (Å²) in [4.78, 5) is 35.5. The summed E-state index contributed by atoms with van der Waals surface area (Å²) in [5, 5.41) is 4.03. The molecule has 8 heteroatoms. The van der Waals surface area contributed by atoms with Gasteiger partial charge in [0.25, 0.3) is 5.91 Å². The first kappa shape index (κ1) is 26.8. The van der Waals surface area contributed by atoms with E-state index >= 15 is 0 Å². The van der Waals surface area contributed by atoms with Crippen LogP contribution in [0.1, 0.15) is 45.7 Å². The molecule has 4 rings (SSSR count). The summed E-state index contributed by atoms with van der Waals surface area (Å²) >= 11 is 0. The lowest BCUT2D eigenvalue weighted by molar-refractivity contribution is 0.0988. The number of likely N-dealkylation sites (N-methyl/N-ethyl adjacent to an activating group) is 1. The van der Waals surface area contributed by atoms with Crippen molar-refractivity contribution in [2.45, 2.75) is 26.8 Å². The molecule has 0 atom stereocenters. The number of anilines is 1. The van der Waals surface area contributed by atoms with Crippen molar-refractivity contribution in [1.82, 2.24) is 14.9 Å². The highest BCUT2D eigenvalue weighted by atomic mass is 16.5. The number of Topliss-reactive ketones (excluding diaryl/α,β-unsaturated/α-hetero) is 1. The van der Waals surface area contributed by atoms with E-state index in [9.17, 15) is 9.59 Å². The molecule has 1 amide bonds. The topological polar surface area (TPSA) is 110 Å². The van der Waals surface area contributed by atoms with Crippen LogP contribution in [-0.4, -0.2) is 52.8 Å². The van der Waals surface area contributed by atoms with E-state index in [2.05, 4.69) is 34.0 Å². The van der Waals surface area contributed by atoms with Crippen molar-refractivity contribution >= 4 is 28.4 Å². The minimum Gasteiger partial charge on any atom is -0.492 e. The normalized spacial score (nSPS) is 11.0. The number of ketones is 1. The predicted octanol–water partition coefficient (Wildman–Crippen LogP) is 4.49. The molecule has 4 aromatic rings. The summed E-state index contributed by atoms with van der Waals surface area (Å²) in [6, 6.07) is 20.5. The van der Waals surface area contributed by atoms with Crippen molar-refractivity contribution < 1.29 is 14.3 Å². The number of carbonyl (C=O) groups excluding carboxylic acids is 2. The Labute approximate surface area is 222 Å². The second-order valence-electron chi connectivity index (χ2n) is 8.96. The molecule has 38 heavy (non-hydrogen) atoms. The van der Waals surface area contributed by atoms with Crippen molar-refractivity contribution in [2.75, 3.05) is 31.6 Å². The van der Waals surface area contributed by atoms with E-state index in [1.54, 1.807) is 12.1 Å². The smallest absolute Gasteiger partial charge is 0.250 e. The third kappa shape index (κ3) is 6.72. The molecule has 0 aliphatic carbocycles. The van der Waals surface area contributed by atoms with Gasteiger partial charge in [0.05, 0.1) is 11.1 Å². The Kier molecular flexibility index (Phi) is 9.00. The number of nitrogens with two attached hydrogens (primary N) is 1. The number of para-hydroxylation sites is 1. The Bertz CT molecular complexity index is 1400. The van der Waals surface area contributed by atoms with E-state index in [1.807, 2.05) is 54.6 Å². The number of primary amides is 1. The molecule has 196 valence electrons. The van der Waals surface area contributed by atoms with Gasteiger partial charge in [0.1, 0.15) is 24.5 Å². The molecular weight excluding hydrogens is 478 g/mol. The summed E-state index contributed by atoms with van der Waals surface area (Å²) in [5.41, 5.74) is 8.94. The van der Waals surface area contributed by atoms with Crippen LogP contribution < -0.4 is 15.8 Å². The van der Waals surface area contributed by atoms with E-state index in [0.29, 0.717) is 42.0 Å². The summed E-state index contributed by atoms with van der Waals surface area (Å²) in [6.45, 7) is 8.26. The third-order valence-electron chi connectivity index (χ3n) is 6.49. The SMILES string of the molecule is CCN(CC)CCOc1ccc(C(=O)Cc2cccc(CNc3ncnc4c(C(N)=O)cccc34)c2)cc1. The van der Waals surface area contributed by atoms with Gasteiger partial charge in [-0.3, -0.25) is 9.59 Å². The lowest BCUT2D eigenvalue weighted by atomic mass is 10.0. The largest absolute Gasteiger partial charge is 0.492 e. The number of aromatic nitrogens is 2. The predicted molar refractivity (Wildman–Crippen MR) is 150 cm³/mol. The lowest BCUT2D eigenvalue weighted by Gasteiger charge is -2.18. The molecule has 0 aliphatic heterocycles. The number of hydrogen-bond donors (Lipinski definition) is 2. The van der Waals surface area contributed by atoms with Gasteiger partial charge in [0, 0.05) is 30.5 Å². The molecule has 0 aliphatic rings. The highest BCUT2D eigenvalue weighted by Crippen LogP contribution is 2.23. The van der Waals surface area contributed by atoms with Gasteiger partial charge < -0.3 is 20.7 Å². The first-order chi connectivity index (χ1) is 18.5. The number of carbonyl (C=O) groups is 2. The van der Waals surface area contributed by atoms with Crippen molar-refractivity contribution in [3.63, 3.8) is 0 Å². The standard InChI is InChI=1S/C30H33N5O3/c1-3-35(4-2)15-16-38-24-13-11-23(12-14-24)27(36)18-21-7-5-8-22(17-21)19-32-30-26-10-6-9-25(29(31)37)28(26)33-20-34-30/h5-14,17,20H,3-4,15-16,18-19H2,1-2H3,(H2,31,37)(H,32,33,34). The fraction of sp³-hybridized carbons (Fsp3) is 0.267. The molecule has 0 bridgehead atoms. The van der Waals surface area contributed by atoms with Crippen LogP contribution in [0, 0.1) is 0 Å². The molecule has 1 heterocycles. The third-order valence-corrected chi connectivity index (χ3v) is 6.49. The number of ether oxygens (including phenoxy) is 1. The van der Waals surface area contributed by atoms with E-state index < -0.39 is 5.91 Å². The first-order valence-corrected chi connectivity index (χ1v) is 12.8. The Hall–Kier alpha value is -4.30. The molecule has 3 N–H and O–H groups in total. The summed E-state index contributed by atoms with van der Waals surface area (Å²) in [7, 11) is 0. The van der Waals surface area contributed by atoms with Crippen LogP contribution in [-0.2, 0) is 13.0 Å². The second-order valence-corrected chi connectivity index (χ2v) is 8.96. The van der Waals surface area contributed by atoms with Gasteiger partial charge in [0.2, 0.25) is 0 Å². The Balaban J connectivity index is 1.36.